The van der Waals surface area contributed by atoms with Crippen LogP contribution in [0, 0.1) is 0 Å². The van der Waals surface area contributed by atoms with E-state index in [9.17, 15) is 4.79 Å². The predicted molar refractivity (Wildman–Crippen MR) is 63.8 cm³/mol. The van der Waals surface area contributed by atoms with E-state index in [1.165, 1.54) is 25.7 Å². The molecule has 80 valence electrons. The van der Waals surface area contributed by atoms with Crippen molar-refractivity contribution in [2.24, 2.45) is 0 Å². The van der Waals surface area contributed by atoms with Crippen molar-refractivity contribution in [1.29, 1.82) is 0 Å². The summed E-state index contributed by atoms with van der Waals surface area (Å²) >= 11 is 1.76. The molecule has 0 N–H and O–H groups in total. The average molecular weight is 212 g/mol. The lowest BCUT2D eigenvalue weighted by molar-refractivity contribution is -0.115. The van der Waals surface area contributed by atoms with Crippen molar-refractivity contribution in [3.05, 3.63) is 11.6 Å². The molecule has 0 bridgehead atoms. The lowest BCUT2D eigenvalue weighted by atomic mass is 9.96. The maximum Gasteiger partial charge on any atom is 0.159 e. The van der Waals surface area contributed by atoms with Gasteiger partial charge in [0.15, 0.2) is 5.78 Å². The molecule has 0 spiro atoms. The lowest BCUT2D eigenvalue weighted by Gasteiger charge is -2.09. The van der Waals surface area contributed by atoms with Crippen LogP contribution in [0.3, 0.4) is 0 Å². The molecule has 2 heteroatoms. The Kier molecular flexibility index (Phi) is 6.00. The summed E-state index contributed by atoms with van der Waals surface area (Å²) in [6.07, 6.45) is 12.2. The van der Waals surface area contributed by atoms with Crippen LogP contribution in [0.25, 0.3) is 0 Å². The van der Waals surface area contributed by atoms with E-state index in [-0.39, 0.29) is 0 Å². The van der Waals surface area contributed by atoms with Gasteiger partial charge in [0.25, 0.3) is 0 Å². The average Bonchev–Trinajstić information content (AvgIpc) is 2.13. The van der Waals surface area contributed by atoms with Crippen LogP contribution in [0.15, 0.2) is 11.6 Å². The molecule has 0 aliphatic heterocycles. The largest absolute Gasteiger partial charge is 0.295 e. The Hall–Kier alpha value is -0.240. The third kappa shape index (κ3) is 4.32. The van der Waals surface area contributed by atoms with E-state index in [1.54, 1.807) is 11.8 Å². The molecule has 0 amide bonds. The second kappa shape index (κ2) is 7.10. The molecule has 0 saturated carbocycles. The third-order valence-corrected chi connectivity index (χ3v) is 3.29. The summed E-state index contributed by atoms with van der Waals surface area (Å²) in [7, 11) is 0. The van der Waals surface area contributed by atoms with Crippen molar-refractivity contribution in [3.63, 3.8) is 0 Å². The van der Waals surface area contributed by atoms with Crippen molar-refractivity contribution in [1.82, 2.24) is 0 Å². The van der Waals surface area contributed by atoms with E-state index in [0.717, 1.165) is 30.6 Å². The molecule has 14 heavy (non-hydrogen) atoms. The van der Waals surface area contributed by atoms with Gasteiger partial charge in [-0.25, -0.2) is 0 Å². The SMILES string of the molecule is CSCCC(=O)C1=CCCCCCC1. The topological polar surface area (TPSA) is 17.1 Å². The maximum atomic E-state index is 11.7. The Labute approximate surface area is 91.3 Å². The van der Waals surface area contributed by atoms with E-state index >= 15 is 0 Å². The minimum atomic E-state index is 0.390. The predicted octanol–water partition coefficient (Wildman–Crippen LogP) is 3.59. The van der Waals surface area contributed by atoms with Crippen molar-refractivity contribution < 1.29 is 4.79 Å². The minimum absolute atomic E-state index is 0.390. The van der Waals surface area contributed by atoms with Crippen LogP contribution in [-0.4, -0.2) is 17.8 Å². The van der Waals surface area contributed by atoms with Crippen LogP contribution in [0.2, 0.25) is 0 Å². The molecule has 0 radical (unpaired) electrons. The van der Waals surface area contributed by atoms with Crippen LogP contribution < -0.4 is 0 Å². The molecule has 0 aromatic heterocycles. The molecule has 0 aromatic carbocycles. The van der Waals surface area contributed by atoms with Crippen LogP contribution in [0.4, 0.5) is 0 Å². The van der Waals surface area contributed by atoms with Crippen molar-refractivity contribution in [3.8, 4) is 0 Å². The zero-order valence-corrected chi connectivity index (χ0v) is 9.87. The number of thioether (sulfide) groups is 1. The smallest absolute Gasteiger partial charge is 0.159 e. The Balaban J connectivity index is 2.42. The molecule has 0 unspecified atom stereocenters. The van der Waals surface area contributed by atoms with Gasteiger partial charge in [-0.3, -0.25) is 4.79 Å². The highest BCUT2D eigenvalue weighted by Crippen LogP contribution is 2.18. The third-order valence-electron chi connectivity index (χ3n) is 2.68. The number of hydrogen-bond acceptors (Lipinski definition) is 2. The minimum Gasteiger partial charge on any atom is -0.295 e. The van der Waals surface area contributed by atoms with E-state index in [4.69, 9.17) is 0 Å². The Morgan fingerprint density at radius 3 is 2.93 bits per heavy atom. The first-order valence-electron chi connectivity index (χ1n) is 5.56. The van der Waals surface area contributed by atoms with E-state index in [1.807, 2.05) is 0 Å². The molecule has 1 rings (SSSR count). The van der Waals surface area contributed by atoms with Crippen LogP contribution >= 0.6 is 11.8 Å². The van der Waals surface area contributed by atoms with Crippen molar-refractivity contribution in [2.75, 3.05) is 12.0 Å². The summed E-state index contributed by atoms with van der Waals surface area (Å²) in [6, 6.07) is 0. The molecular weight excluding hydrogens is 192 g/mol. The summed E-state index contributed by atoms with van der Waals surface area (Å²) in [5, 5.41) is 0. The van der Waals surface area contributed by atoms with Gasteiger partial charge < -0.3 is 0 Å². The molecule has 0 aromatic rings. The molecule has 0 heterocycles. The molecule has 1 aliphatic rings. The summed E-state index contributed by atoms with van der Waals surface area (Å²) in [6.45, 7) is 0. The van der Waals surface area contributed by atoms with E-state index < -0.39 is 0 Å². The number of rotatable bonds is 4. The van der Waals surface area contributed by atoms with Gasteiger partial charge in [-0.05, 0) is 37.5 Å². The van der Waals surface area contributed by atoms with Crippen LogP contribution in [0.5, 0.6) is 0 Å². The molecular formula is C12H20OS. The molecule has 0 fully saturated rings. The number of carbonyl (C=O) groups is 1. The zero-order chi connectivity index (χ0) is 10.2. The van der Waals surface area contributed by atoms with Gasteiger partial charge in [0.1, 0.15) is 0 Å². The van der Waals surface area contributed by atoms with Crippen LogP contribution in [-0.2, 0) is 4.79 Å². The number of carbonyl (C=O) groups excluding carboxylic acids is 1. The van der Waals surface area contributed by atoms with Gasteiger partial charge in [-0.1, -0.05) is 18.9 Å². The van der Waals surface area contributed by atoms with E-state index in [0.29, 0.717) is 5.78 Å². The second-order valence-electron chi connectivity index (χ2n) is 3.85. The number of hydrogen-bond donors (Lipinski definition) is 0. The first-order valence-corrected chi connectivity index (χ1v) is 6.95. The monoisotopic (exact) mass is 212 g/mol. The summed E-state index contributed by atoms with van der Waals surface area (Å²) in [5.41, 5.74) is 1.11. The number of Topliss-reactive ketones (excluding diaryl/α,β-unsaturated/α-hetero) is 1. The first kappa shape index (κ1) is 11.8. The Bertz CT molecular complexity index is 208. The Morgan fingerprint density at radius 2 is 2.14 bits per heavy atom. The van der Waals surface area contributed by atoms with Gasteiger partial charge in [-0.2, -0.15) is 11.8 Å². The fourth-order valence-electron chi connectivity index (χ4n) is 1.80. The highest BCUT2D eigenvalue weighted by Gasteiger charge is 2.09. The zero-order valence-electron chi connectivity index (χ0n) is 9.05. The first-order chi connectivity index (χ1) is 6.84. The number of allylic oxidation sites excluding steroid dienone is 2. The highest BCUT2D eigenvalue weighted by molar-refractivity contribution is 7.98. The van der Waals surface area contributed by atoms with Gasteiger partial charge in [0, 0.05) is 12.2 Å². The highest BCUT2D eigenvalue weighted by atomic mass is 32.2. The fraction of sp³-hybridized carbons (Fsp3) is 0.750. The Morgan fingerprint density at radius 1 is 1.36 bits per heavy atom. The van der Waals surface area contributed by atoms with E-state index in [2.05, 4.69) is 12.3 Å². The molecule has 1 nitrogen and oxygen atoms in total. The van der Waals surface area contributed by atoms with Crippen molar-refractivity contribution >= 4 is 17.5 Å². The van der Waals surface area contributed by atoms with Gasteiger partial charge >= 0.3 is 0 Å². The molecule has 1 aliphatic carbocycles. The summed E-state index contributed by atoms with van der Waals surface area (Å²) in [4.78, 5) is 11.7. The van der Waals surface area contributed by atoms with Crippen LogP contribution in [0.1, 0.15) is 44.9 Å². The molecule has 0 saturated heterocycles. The lowest BCUT2D eigenvalue weighted by Crippen LogP contribution is -2.05. The maximum absolute atomic E-state index is 11.7. The van der Waals surface area contributed by atoms with Gasteiger partial charge in [0.2, 0.25) is 0 Å². The summed E-state index contributed by atoms with van der Waals surface area (Å²) in [5.74, 6) is 1.36. The quantitative estimate of drug-likeness (QED) is 0.708. The molecule has 0 atom stereocenters. The normalized spacial score (nSPS) is 18.2. The summed E-state index contributed by atoms with van der Waals surface area (Å²) < 4.78 is 0. The fourth-order valence-corrected chi connectivity index (χ4v) is 2.19. The van der Waals surface area contributed by atoms with Gasteiger partial charge in [0.05, 0.1) is 0 Å². The van der Waals surface area contributed by atoms with Gasteiger partial charge in [-0.15, -0.1) is 0 Å². The standard InChI is InChI=1S/C12H20OS/c1-14-10-9-12(13)11-7-5-3-2-4-6-8-11/h7H,2-6,8-10H2,1H3. The second-order valence-corrected chi connectivity index (χ2v) is 4.83. The number of ketones is 1. The van der Waals surface area contributed by atoms with Crippen molar-refractivity contribution in [2.45, 2.75) is 44.9 Å².